The zero-order valence-electron chi connectivity index (χ0n) is 12.1. The predicted octanol–water partition coefficient (Wildman–Crippen LogP) is 3.10. The molecule has 1 aromatic heterocycles. The summed E-state index contributed by atoms with van der Waals surface area (Å²) >= 11 is 0. The van der Waals surface area contributed by atoms with E-state index < -0.39 is 0 Å². The second-order valence-corrected chi connectivity index (χ2v) is 5.12. The third-order valence-electron chi connectivity index (χ3n) is 3.11. The van der Waals surface area contributed by atoms with Crippen LogP contribution >= 0.6 is 0 Å². The van der Waals surface area contributed by atoms with Gasteiger partial charge in [0.15, 0.2) is 11.5 Å². The molecule has 5 nitrogen and oxygen atoms in total. The monoisotopic (exact) mass is 286 g/mol. The van der Waals surface area contributed by atoms with Gasteiger partial charge in [-0.3, -0.25) is 0 Å². The SMILES string of the molecule is CC(C)NCc1cccnc1Oc1ccc2c(c1)OCO2. The molecule has 1 N–H and O–H groups in total. The average molecular weight is 286 g/mol. The lowest BCUT2D eigenvalue weighted by Crippen LogP contribution is -2.22. The largest absolute Gasteiger partial charge is 0.454 e. The van der Waals surface area contributed by atoms with Crippen LogP contribution < -0.4 is 19.5 Å². The Bertz CT molecular complexity index is 629. The summed E-state index contributed by atoms with van der Waals surface area (Å²) in [5, 5.41) is 3.36. The highest BCUT2D eigenvalue weighted by molar-refractivity contribution is 5.48. The molecular formula is C16H18N2O3. The van der Waals surface area contributed by atoms with Crippen molar-refractivity contribution in [3.8, 4) is 23.1 Å². The van der Waals surface area contributed by atoms with E-state index in [9.17, 15) is 0 Å². The van der Waals surface area contributed by atoms with E-state index in [0.29, 0.717) is 30.0 Å². The number of rotatable bonds is 5. The van der Waals surface area contributed by atoms with Gasteiger partial charge >= 0.3 is 0 Å². The van der Waals surface area contributed by atoms with Crippen molar-refractivity contribution in [3.63, 3.8) is 0 Å². The van der Waals surface area contributed by atoms with Crippen LogP contribution in [0.1, 0.15) is 19.4 Å². The van der Waals surface area contributed by atoms with Crippen LogP contribution in [0.4, 0.5) is 0 Å². The highest BCUT2D eigenvalue weighted by Crippen LogP contribution is 2.36. The average Bonchev–Trinajstić information content (AvgIpc) is 2.94. The van der Waals surface area contributed by atoms with E-state index in [1.54, 1.807) is 6.20 Å². The molecule has 110 valence electrons. The van der Waals surface area contributed by atoms with Crippen molar-refractivity contribution in [3.05, 3.63) is 42.1 Å². The van der Waals surface area contributed by atoms with E-state index >= 15 is 0 Å². The van der Waals surface area contributed by atoms with Crippen molar-refractivity contribution in [2.24, 2.45) is 0 Å². The van der Waals surface area contributed by atoms with Crippen molar-refractivity contribution in [2.45, 2.75) is 26.4 Å². The summed E-state index contributed by atoms with van der Waals surface area (Å²) in [5.74, 6) is 2.73. The Kier molecular flexibility index (Phi) is 3.92. The van der Waals surface area contributed by atoms with Crippen LogP contribution in [0.25, 0.3) is 0 Å². The molecule has 0 unspecified atom stereocenters. The molecular weight excluding hydrogens is 268 g/mol. The number of hydrogen-bond acceptors (Lipinski definition) is 5. The van der Waals surface area contributed by atoms with Crippen LogP contribution in [0, 0.1) is 0 Å². The lowest BCUT2D eigenvalue weighted by molar-refractivity contribution is 0.174. The van der Waals surface area contributed by atoms with Gasteiger partial charge in [-0.25, -0.2) is 4.98 Å². The van der Waals surface area contributed by atoms with Gasteiger partial charge < -0.3 is 19.5 Å². The number of nitrogens with one attached hydrogen (secondary N) is 1. The van der Waals surface area contributed by atoms with Crippen LogP contribution in [0.5, 0.6) is 23.1 Å². The Morgan fingerprint density at radius 3 is 2.95 bits per heavy atom. The molecule has 2 heterocycles. The molecule has 0 atom stereocenters. The Morgan fingerprint density at radius 1 is 1.24 bits per heavy atom. The minimum atomic E-state index is 0.256. The normalized spacial score (nSPS) is 12.7. The third kappa shape index (κ3) is 3.25. The maximum absolute atomic E-state index is 5.88. The number of ether oxygens (including phenoxy) is 3. The second-order valence-electron chi connectivity index (χ2n) is 5.12. The summed E-state index contributed by atoms with van der Waals surface area (Å²) in [6.45, 7) is 5.18. The molecule has 1 aliphatic heterocycles. The summed E-state index contributed by atoms with van der Waals surface area (Å²) in [6.07, 6.45) is 1.72. The number of pyridine rings is 1. The maximum Gasteiger partial charge on any atom is 0.231 e. The van der Waals surface area contributed by atoms with Gasteiger partial charge in [0, 0.05) is 30.4 Å². The molecule has 0 saturated carbocycles. The minimum Gasteiger partial charge on any atom is -0.454 e. The van der Waals surface area contributed by atoms with Crippen LogP contribution in [-0.2, 0) is 6.54 Å². The minimum absolute atomic E-state index is 0.256. The molecule has 3 rings (SSSR count). The van der Waals surface area contributed by atoms with Crippen LogP contribution in [-0.4, -0.2) is 17.8 Å². The highest BCUT2D eigenvalue weighted by Gasteiger charge is 2.15. The van der Waals surface area contributed by atoms with Gasteiger partial charge in [0.2, 0.25) is 12.7 Å². The van der Waals surface area contributed by atoms with Gasteiger partial charge in [0.25, 0.3) is 0 Å². The van der Waals surface area contributed by atoms with Gasteiger partial charge in [-0.2, -0.15) is 0 Å². The standard InChI is InChI=1S/C16H18N2O3/c1-11(2)18-9-12-4-3-7-17-16(12)21-13-5-6-14-15(8-13)20-10-19-14/h3-8,11,18H,9-10H2,1-2H3. The van der Waals surface area contributed by atoms with Crippen LogP contribution in [0.2, 0.25) is 0 Å². The first-order valence-corrected chi connectivity index (χ1v) is 6.97. The quantitative estimate of drug-likeness (QED) is 0.915. The predicted molar refractivity (Wildman–Crippen MR) is 78.9 cm³/mol. The smallest absolute Gasteiger partial charge is 0.231 e. The highest BCUT2D eigenvalue weighted by atomic mass is 16.7. The van der Waals surface area contributed by atoms with E-state index in [1.807, 2.05) is 30.3 Å². The van der Waals surface area contributed by atoms with E-state index in [4.69, 9.17) is 14.2 Å². The molecule has 0 aliphatic carbocycles. The van der Waals surface area contributed by atoms with Gasteiger partial charge in [-0.15, -0.1) is 0 Å². The summed E-state index contributed by atoms with van der Waals surface area (Å²) in [4.78, 5) is 4.31. The Balaban J connectivity index is 1.78. The summed E-state index contributed by atoms with van der Waals surface area (Å²) in [7, 11) is 0. The molecule has 0 saturated heterocycles. The van der Waals surface area contributed by atoms with Crippen molar-refractivity contribution < 1.29 is 14.2 Å². The summed E-state index contributed by atoms with van der Waals surface area (Å²) in [5.41, 5.74) is 1.02. The fourth-order valence-corrected chi connectivity index (χ4v) is 2.02. The summed E-state index contributed by atoms with van der Waals surface area (Å²) < 4.78 is 16.5. The van der Waals surface area contributed by atoms with Crippen molar-refractivity contribution in [1.82, 2.24) is 10.3 Å². The van der Waals surface area contributed by atoms with Crippen LogP contribution in [0.3, 0.4) is 0 Å². The molecule has 0 fully saturated rings. The Hall–Kier alpha value is -2.27. The maximum atomic E-state index is 5.88. The fourth-order valence-electron chi connectivity index (χ4n) is 2.02. The molecule has 2 aromatic rings. The van der Waals surface area contributed by atoms with Gasteiger partial charge in [0.1, 0.15) is 5.75 Å². The number of nitrogens with zero attached hydrogens (tertiary/aromatic N) is 1. The third-order valence-corrected chi connectivity index (χ3v) is 3.11. The molecule has 5 heteroatoms. The van der Waals surface area contributed by atoms with E-state index in [0.717, 1.165) is 11.3 Å². The van der Waals surface area contributed by atoms with E-state index in [-0.39, 0.29) is 6.79 Å². The molecule has 0 spiro atoms. The number of fused-ring (bicyclic) bond motifs is 1. The topological polar surface area (TPSA) is 52.6 Å². The first-order valence-electron chi connectivity index (χ1n) is 6.97. The number of hydrogen-bond donors (Lipinski definition) is 1. The van der Waals surface area contributed by atoms with Crippen molar-refractivity contribution >= 4 is 0 Å². The molecule has 21 heavy (non-hydrogen) atoms. The Morgan fingerprint density at radius 2 is 2.10 bits per heavy atom. The lowest BCUT2D eigenvalue weighted by atomic mass is 10.2. The second kappa shape index (κ2) is 6.01. The van der Waals surface area contributed by atoms with Crippen molar-refractivity contribution in [2.75, 3.05) is 6.79 Å². The van der Waals surface area contributed by atoms with Gasteiger partial charge in [-0.1, -0.05) is 19.9 Å². The fraction of sp³-hybridized carbons (Fsp3) is 0.312. The zero-order valence-corrected chi connectivity index (χ0v) is 12.1. The van der Waals surface area contributed by atoms with Gasteiger partial charge in [-0.05, 0) is 18.2 Å². The van der Waals surface area contributed by atoms with E-state index in [1.165, 1.54) is 0 Å². The molecule has 0 radical (unpaired) electrons. The van der Waals surface area contributed by atoms with E-state index in [2.05, 4.69) is 24.1 Å². The summed E-state index contributed by atoms with van der Waals surface area (Å²) in [6, 6.07) is 9.82. The first kappa shape index (κ1) is 13.7. The van der Waals surface area contributed by atoms with Crippen LogP contribution in [0.15, 0.2) is 36.5 Å². The first-order chi connectivity index (χ1) is 10.2. The van der Waals surface area contributed by atoms with Gasteiger partial charge in [0.05, 0.1) is 0 Å². The molecule has 0 amide bonds. The molecule has 0 bridgehead atoms. The Labute approximate surface area is 123 Å². The zero-order chi connectivity index (χ0) is 14.7. The number of aromatic nitrogens is 1. The van der Waals surface area contributed by atoms with Crippen molar-refractivity contribution in [1.29, 1.82) is 0 Å². The number of benzene rings is 1. The molecule has 1 aromatic carbocycles. The molecule has 1 aliphatic rings. The lowest BCUT2D eigenvalue weighted by Gasteiger charge is -2.12.